The van der Waals surface area contributed by atoms with Crippen LogP contribution in [0.4, 0.5) is 5.00 Å². The predicted molar refractivity (Wildman–Crippen MR) is 91.4 cm³/mol. The van der Waals surface area contributed by atoms with E-state index in [0.717, 1.165) is 11.3 Å². The lowest BCUT2D eigenvalue weighted by Crippen LogP contribution is -2.12. The number of ether oxygens (including phenoxy) is 1. The quantitative estimate of drug-likeness (QED) is 0.489. The van der Waals surface area contributed by atoms with E-state index in [1.165, 1.54) is 25.3 Å². The van der Waals surface area contributed by atoms with E-state index < -0.39 is 11.9 Å². The predicted octanol–water partition coefficient (Wildman–Crippen LogP) is 3.68. The molecule has 2 aromatic heterocycles. The third kappa shape index (κ3) is 3.99. The van der Waals surface area contributed by atoms with E-state index in [0.29, 0.717) is 21.2 Å². The Morgan fingerprint density at radius 2 is 2.12 bits per heavy atom. The number of hydrogen-bond donors (Lipinski definition) is 1. The minimum atomic E-state index is -0.566. The summed E-state index contributed by atoms with van der Waals surface area (Å²) in [7, 11) is 0. The van der Waals surface area contributed by atoms with Gasteiger partial charge in [-0.1, -0.05) is 0 Å². The first-order chi connectivity index (χ1) is 11.4. The van der Waals surface area contributed by atoms with Gasteiger partial charge in [0.25, 0.3) is 0 Å². The average Bonchev–Trinajstić information content (AvgIpc) is 3.13. The monoisotopic (exact) mass is 347 g/mol. The molecule has 6 nitrogen and oxygen atoms in total. The van der Waals surface area contributed by atoms with Gasteiger partial charge < -0.3 is 14.5 Å². The molecule has 24 heavy (non-hydrogen) atoms. The van der Waals surface area contributed by atoms with Crippen LogP contribution in [0.5, 0.6) is 0 Å². The number of Topliss-reactive ketones (excluding diaryl/α,β-unsaturated/α-hetero) is 1. The molecule has 1 N–H and O–H groups in total. The van der Waals surface area contributed by atoms with Crippen molar-refractivity contribution in [3.8, 4) is 0 Å². The summed E-state index contributed by atoms with van der Waals surface area (Å²) in [5.74, 6) is -0.644. The zero-order valence-corrected chi connectivity index (χ0v) is 14.4. The molecule has 0 radical (unpaired) electrons. The molecule has 0 spiro atoms. The van der Waals surface area contributed by atoms with Gasteiger partial charge >= 0.3 is 5.97 Å². The van der Waals surface area contributed by atoms with E-state index in [1.54, 1.807) is 26.0 Å². The summed E-state index contributed by atoms with van der Waals surface area (Å²) >= 11 is 1.06. The average molecular weight is 347 g/mol. The van der Waals surface area contributed by atoms with Crippen molar-refractivity contribution >= 4 is 40.1 Å². The lowest BCUT2D eigenvalue weighted by Gasteiger charge is -2.05. The molecular weight excluding hydrogens is 330 g/mol. The van der Waals surface area contributed by atoms with E-state index >= 15 is 0 Å². The Morgan fingerprint density at radius 3 is 2.71 bits per heavy atom. The second kappa shape index (κ2) is 7.74. The van der Waals surface area contributed by atoms with Crippen molar-refractivity contribution in [3.05, 3.63) is 46.2 Å². The molecule has 2 aromatic rings. The van der Waals surface area contributed by atoms with Gasteiger partial charge in [-0.3, -0.25) is 9.59 Å². The van der Waals surface area contributed by atoms with Crippen molar-refractivity contribution in [2.45, 2.75) is 20.8 Å². The number of carbonyl (C=O) groups is 3. The fourth-order valence-electron chi connectivity index (χ4n) is 2.08. The molecule has 0 aliphatic carbocycles. The molecule has 7 heteroatoms. The first kappa shape index (κ1) is 17.7. The highest BCUT2D eigenvalue weighted by atomic mass is 32.1. The summed E-state index contributed by atoms with van der Waals surface area (Å²) < 4.78 is 10.1. The van der Waals surface area contributed by atoms with Gasteiger partial charge in [-0.05, 0) is 44.5 Å². The number of esters is 1. The summed E-state index contributed by atoms with van der Waals surface area (Å²) in [6.45, 7) is 4.97. The Balaban J connectivity index is 2.27. The van der Waals surface area contributed by atoms with Crippen molar-refractivity contribution in [1.29, 1.82) is 0 Å². The number of rotatable bonds is 6. The van der Waals surface area contributed by atoms with Crippen LogP contribution in [0.2, 0.25) is 0 Å². The van der Waals surface area contributed by atoms with Gasteiger partial charge in [-0.25, -0.2) is 4.79 Å². The number of amides is 1. The number of thiophene rings is 1. The molecule has 0 bridgehead atoms. The van der Waals surface area contributed by atoms with E-state index in [4.69, 9.17) is 9.15 Å². The maximum absolute atomic E-state index is 12.1. The molecule has 0 fully saturated rings. The highest BCUT2D eigenvalue weighted by Crippen LogP contribution is 2.34. The molecule has 2 rings (SSSR count). The highest BCUT2D eigenvalue weighted by Gasteiger charge is 2.24. The number of furan rings is 1. The van der Waals surface area contributed by atoms with Crippen LogP contribution in [-0.2, 0) is 9.53 Å². The third-order valence-corrected chi connectivity index (χ3v) is 4.43. The Hall–Kier alpha value is -2.67. The van der Waals surface area contributed by atoms with Crippen LogP contribution in [0.1, 0.15) is 45.2 Å². The van der Waals surface area contributed by atoms with Crippen LogP contribution in [0, 0.1) is 6.92 Å². The molecular formula is C17H17NO5S. The normalized spacial score (nSPS) is 10.8. The first-order valence-corrected chi connectivity index (χ1v) is 8.09. The Morgan fingerprint density at radius 1 is 1.38 bits per heavy atom. The van der Waals surface area contributed by atoms with Crippen LogP contribution in [0.3, 0.4) is 0 Å². The zero-order valence-electron chi connectivity index (χ0n) is 13.5. The summed E-state index contributed by atoms with van der Waals surface area (Å²) in [6, 6.07) is 3.41. The van der Waals surface area contributed by atoms with Crippen LogP contribution in [0.15, 0.2) is 28.9 Å². The summed E-state index contributed by atoms with van der Waals surface area (Å²) in [4.78, 5) is 36.3. The number of anilines is 1. The molecule has 0 saturated heterocycles. The molecule has 0 unspecified atom stereocenters. The fourth-order valence-corrected chi connectivity index (χ4v) is 3.18. The largest absolute Gasteiger partial charge is 0.465 e. The van der Waals surface area contributed by atoms with Gasteiger partial charge in [0.05, 0.1) is 23.3 Å². The molecule has 1 amide bonds. The van der Waals surface area contributed by atoms with Crippen LogP contribution < -0.4 is 5.32 Å². The number of carbonyl (C=O) groups excluding carboxylic acids is 3. The minimum absolute atomic E-state index is 0.172. The van der Waals surface area contributed by atoms with E-state index in [9.17, 15) is 14.4 Å². The van der Waals surface area contributed by atoms with Crippen LogP contribution >= 0.6 is 11.3 Å². The van der Waals surface area contributed by atoms with Gasteiger partial charge in [-0.2, -0.15) is 0 Å². The second-order valence-electron chi connectivity index (χ2n) is 4.87. The van der Waals surface area contributed by atoms with Crippen molar-refractivity contribution in [1.82, 2.24) is 0 Å². The maximum atomic E-state index is 12.1. The van der Waals surface area contributed by atoms with Crippen molar-refractivity contribution in [2.24, 2.45) is 0 Å². The molecule has 0 atom stereocenters. The van der Waals surface area contributed by atoms with Gasteiger partial charge in [0.15, 0.2) is 5.78 Å². The second-order valence-corrected chi connectivity index (χ2v) is 5.90. The Kier molecular flexibility index (Phi) is 5.70. The molecule has 0 aromatic carbocycles. The van der Waals surface area contributed by atoms with E-state index in [-0.39, 0.29) is 18.0 Å². The van der Waals surface area contributed by atoms with Crippen LogP contribution in [-0.4, -0.2) is 24.3 Å². The van der Waals surface area contributed by atoms with Crippen molar-refractivity contribution < 1.29 is 23.5 Å². The number of ketones is 1. The number of hydrogen-bond acceptors (Lipinski definition) is 6. The zero-order chi connectivity index (χ0) is 17.7. The maximum Gasteiger partial charge on any atom is 0.341 e. The smallest absolute Gasteiger partial charge is 0.341 e. The third-order valence-electron chi connectivity index (χ3n) is 3.12. The van der Waals surface area contributed by atoms with E-state index in [1.807, 2.05) is 0 Å². The van der Waals surface area contributed by atoms with Gasteiger partial charge in [0.1, 0.15) is 10.8 Å². The standard InChI is InChI=1S/C17H17NO5S/c1-4-22-17(21)14-10(2)15(11(3)19)24-16(14)18-13(20)8-7-12-6-5-9-23-12/h5-9H,4H2,1-3H3,(H,18,20). The van der Waals surface area contributed by atoms with Crippen LogP contribution in [0.25, 0.3) is 6.08 Å². The SMILES string of the molecule is CCOC(=O)c1c(NC(=O)C=Cc2ccco2)sc(C(C)=O)c1C. The first-order valence-electron chi connectivity index (χ1n) is 7.28. The topological polar surface area (TPSA) is 85.6 Å². The minimum Gasteiger partial charge on any atom is -0.465 e. The number of nitrogens with one attached hydrogen (secondary N) is 1. The van der Waals surface area contributed by atoms with Gasteiger partial charge in [0, 0.05) is 6.08 Å². The highest BCUT2D eigenvalue weighted by molar-refractivity contribution is 7.18. The Bertz CT molecular complexity index is 786. The molecule has 2 heterocycles. The molecule has 0 aliphatic heterocycles. The van der Waals surface area contributed by atoms with Gasteiger partial charge in [0.2, 0.25) is 5.91 Å². The van der Waals surface area contributed by atoms with Crippen molar-refractivity contribution in [2.75, 3.05) is 11.9 Å². The van der Waals surface area contributed by atoms with Gasteiger partial charge in [-0.15, -0.1) is 11.3 Å². The summed E-state index contributed by atoms with van der Waals surface area (Å²) in [5.41, 5.74) is 0.725. The molecule has 126 valence electrons. The summed E-state index contributed by atoms with van der Waals surface area (Å²) in [6.07, 6.45) is 4.29. The lowest BCUT2D eigenvalue weighted by molar-refractivity contribution is -0.111. The van der Waals surface area contributed by atoms with Crippen molar-refractivity contribution in [3.63, 3.8) is 0 Å². The molecule has 0 saturated carbocycles. The summed E-state index contributed by atoms with van der Waals surface area (Å²) in [5, 5.41) is 2.92. The molecule has 0 aliphatic rings. The lowest BCUT2D eigenvalue weighted by atomic mass is 10.1. The Labute approximate surface area is 143 Å². The fraction of sp³-hybridized carbons (Fsp3) is 0.235. The van der Waals surface area contributed by atoms with E-state index in [2.05, 4.69) is 5.32 Å².